The van der Waals surface area contributed by atoms with E-state index in [0.29, 0.717) is 34.7 Å². The molecule has 144 valence electrons. The average molecular weight is 389 g/mol. The number of ether oxygens (including phenoxy) is 2. The lowest BCUT2D eigenvalue weighted by Crippen LogP contribution is -2.39. The van der Waals surface area contributed by atoms with E-state index in [2.05, 4.69) is 24.1 Å². The van der Waals surface area contributed by atoms with E-state index in [4.69, 9.17) is 9.47 Å². The van der Waals surface area contributed by atoms with Crippen molar-refractivity contribution in [2.45, 2.75) is 27.2 Å². The van der Waals surface area contributed by atoms with Crippen LogP contribution in [0.25, 0.3) is 0 Å². The Hall–Kier alpha value is -2.61. The maximum atomic E-state index is 13.0. The molecule has 27 heavy (non-hydrogen) atoms. The van der Waals surface area contributed by atoms with Gasteiger partial charge in [-0.2, -0.15) is 0 Å². The normalized spacial score (nSPS) is 12.3. The van der Waals surface area contributed by atoms with Crippen molar-refractivity contribution >= 4 is 28.3 Å². The third kappa shape index (κ3) is 4.97. The Morgan fingerprint density at radius 3 is 2.78 bits per heavy atom. The van der Waals surface area contributed by atoms with Crippen molar-refractivity contribution in [2.24, 2.45) is 5.92 Å². The first-order valence-electron chi connectivity index (χ1n) is 8.83. The molecule has 2 amide bonds. The molecule has 0 saturated heterocycles. The van der Waals surface area contributed by atoms with E-state index in [1.807, 2.05) is 12.3 Å². The summed E-state index contributed by atoms with van der Waals surface area (Å²) in [5.41, 5.74) is 1.32. The molecule has 2 heterocycles. The van der Waals surface area contributed by atoms with Crippen molar-refractivity contribution in [3.8, 4) is 11.5 Å². The van der Waals surface area contributed by atoms with Gasteiger partial charge in [-0.05, 0) is 37.5 Å². The fourth-order valence-electron chi connectivity index (χ4n) is 2.62. The SMILES string of the molecule is Cc1csc(NC(=O)CN(CCC(C)C)C(=O)c2ccc3c(c2)OCO3)n1. The van der Waals surface area contributed by atoms with Crippen LogP contribution < -0.4 is 14.8 Å². The Bertz CT molecular complexity index is 834. The zero-order valence-electron chi connectivity index (χ0n) is 15.7. The Kier molecular flexibility index (Phi) is 5.95. The second-order valence-electron chi connectivity index (χ2n) is 6.82. The third-order valence-electron chi connectivity index (χ3n) is 4.08. The molecular weight excluding hydrogens is 366 g/mol. The molecule has 0 spiro atoms. The van der Waals surface area contributed by atoms with E-state index in [-0.39, 0.29) is 25.2 Å². The number of rotatable bonds is 7. The van der Waals surface area contributed by atoms with Crippen molar-refractivity contribution in [3.05, 3.63) is 34.8 Å². The van der Waals surface area contributed by atoms with Crippen LogP contribution in [0.4, 0.5) is 5.13 Å². The monoisotopic (exact) mass is 389 g/mol. The lowest BCUT2D eigenvalue weighted by Gasteiger charge is -2.23. The summed E-state index contributed by atoms with van der Waals surface area (Å²) < 4.78 is 10.6. The van der Waals surface area contributed by atoms with Gasteiger partial charge in [0.2, 0.25) is 12.7 Å². The molecule has 1 aliphatic rings. The molecule has 0 atom stereocenters. The van der Waals surface area contributed by atoms with E-state index in [9.17, 15) is 9.59 Å². The quantitative estimate of drug-likeness (QED) is 0.786. The summed E-state index contributed by atoms with van der Waals surface area (Å²) in [6, 6.07) is 5.07. The van der Waals surface area contributed by atoms with Crippen LogP contribution in [0, 0.1) is 12.8 Å². The summed E-state index contributed by atoms with van der Waals surface area (Å²) in [6.07, 6.45) is 0.805. The van der Waals surface area contributed by atoms with Gasteiger partial charge in [-0.25, -0.2) is 4.98 Å². The second-order valence-corrected chi connectivity index (χ2v) is 7.68. The zero-order valence-corrected chi connectivity index (χ0v) is 16.5. The number of amides is 2. The van der Waals surface area contributed by atoms with Gasteiger partial charge in [-0.15, -0.1) is 11.3 Å². The van der Waals surface area contributed by atoms with Gasteiger partial charge in [0.25, 0.3) is 5.91 Å². The fraction of sp³-hybridized carbons (Fsp3) is 0.421. The standard InChI is InChI=1S/C19H23N3O4S/c1-12(2)6-7-22(9-17(23)21-19-20-13(3)10-27-19)18(24)14-4-5-15-16(8-14)26-11-25-15/h4-5,8,10,12H,6-7,9,11H2,1-3H3,(H,20,21,23). The van der Waals surface area contributed by atoms with E-state index in [1.165, 1.54) is 11.3 Å². The van der Waals surface area contributed by atoms with Crippen molar-refractivity contribution in [2.75, 3.05) is 25.2 Å². The first-order chi connectivity index (χ1) is 12.9. The van der Waals surface area contributed by atoms with Crippen LogP contribution in [-0.2, 0) is 4.79 Å². The first kappa shape index (κ1) is 19.2. The molecule has 1 N–H and O–H groups in total. The number of hydrogen-bond acceptors (Lipinski definition) is 6. The molecule has 1 aromatic heterocycles. The highest BCUT2D eigenvalue weighted by Crippen LogP contribution is 2.32. The summed E-state index contributed by atoms with van der Waals surface area (Å²) in [6.45, 7) is 6.65. The molecule has 1 aromatic carbocycles. The van der Waals surface area contributed by atoms with Crippen LogP contribution in [0.2, 0.25) is 0 Å². The van der Waals surface area contributed by atoms with Gasteiger partial charge in [-0.3, -0.25) is 9.59 Å². The molecule has 0 bridgehead atoms. The Morgan fingerprint density at radius 1 is 1.30 bits per heavy atom. The molecular formula is C19H23N3O4S. The molecule has 8 heteroatoms. The van der Waals surface area contributed by atoms with Crippen molar-refractivity contribution in [1.82, 2.24) is 9.88 Å². The number of nitrogens with zero attached hydrogens (tertiary/aromatic N) is 2. The van der Waals surface area contributed by atoms with Crippen LogP contribution in [0.15, 0.2) is 23.6 Å². The summed E-state index contributed by atoms with van der Waals surface area (Å²) in [5, 5.41) is 5.16. The molecule has 1 aliphatic heterocycles. The fourth-order valence-corrected chi connectivity index (χ4v) is 3.33. The summed E-state index contributed by atoms with van der Waals surface area (Å²) >= 11 is 1.36. The predicted octanol–water partition coefficient (Wildman–Crippen LogP) is 3.31. The summed E-state index contributed by atoms with van der Waals surface area (Å²) in [7, 11) is 0. The van der Waals surface area contributed by atoms with Crippen LogP contribution in [0.5, 0.6) is 11.5 Å². The van der Waals surface area contributed by atoms with E-state index in [1.54, 1.807) is 23.1 Å². The molecule has 0 radical (unpaired) electrons. The molecule has 0 saturated carbocycles. The number of anilines is 1. The summed E-state index contributed by atoms with van der Waals surface area (Å²) in [4.78, 5) is 31.2. The van der Waals surface area contributed by atoms with Crippen molar-refractivity contribution < 1.29 is 19.1 Å². The minimum Gasteiger partial charge on any atom is -0.454 e. The van der Waals surface area contributed by atoms with Gasteiger partial charge in [0.15, 0.2) is 16.6 Å². The molecule has 7 nitrogen and oxygen atoms in total. The van der Waals surface area contributed by atoms with Crippen LogP contribution in [0.3, 0.4) is 0 Å². The number of carbonyl (C=O) groups excluding carboxylic acids is 2. The number of aromatic nitrogens is 1. The minimum absolute atomic E-state index is 0.0291. The van der Waals surface area contributed by atoms with E-state index < -0.39 is 0 Å². The Morgan fingerprint density at radius 2 is 2.07 bits per heavy atom. The lowest BCUT2D eigenvalue weighted by molar-refractivity contribution is -0.116. The van der Waals surface area contributed by atoms with Crippen LogP contribution in [0.1, 0.15) is 36.3 Å². The lowest BCUT2D eigenvalue weighted by atomic mass is 10.1. The Labute approximate surface area is 162 Å². The molecule has 0 fully saturated rings. The number of benzene rings is 1. The van der Waals surface area contributed by atoms with Crippen molar-refractivity contribution in [3.63, 3.8) is 0 Å². The van der Waals surface area contributed by atoms with Gasteiger partial charge in [0, 0.05) is 17.5 Å². The van der Waals surface area contributed by atoms with Gasteiger partial charge >= 0.3 is 0 Å². The number of carbonyl (C=O) groups is 2. The topological polar surface area (TPSA) is 80.8 Å². The zero-order chi connectivity index (χ0) is 19.4. The third-order valence-corrected chi connectivity index (χ3v) is 4.96. The van der Waals surface area contributed by atoms with Gasteiger partial charge < -0.3 is 19.7 Å². The molecule has 0 unspecified atom stereocenters. The first-order valence-corrected chi connectivity index (χ1v) is 9.71. The number of hydrogen-bond donors (Lipinski definition) is 1. The van der Waals surface area contributed by atoms with Gasteiger partial charge in [0.05, 0.1) is 5.69 Å². The van der Waals surface area contributed by atoms with E-state index >= 15 is 0 Å². The molecule has 3 rings (SSSR count). The van der Waals surface area contributed by atoms with E-state index in [0.717, 1.165) is 12.1 Å². The maximum Gasteiger partial charge on any atom is 0.254 e. The van der Waals surface area contributed by atoms with Crippen molar-refractivity contribution in [1.29, 1.82) is 0 Å². The predicted molar refractivity (Wildman–Crippen MR) is 103 cm³/mol. The highest BCUT2D eigenvalue weighted by atomic mass is 32.1. The van der Waals surface area contributed by atoms with Gasteiger partial charge in [0.1, 0.15) is 6.54 Å². The smallest absolute Gasteiger partial charge is 0.254 e. The number of thiazole rings is 1. The average Bonchev–Trinajstić information content (AvgIpc) is 3.25. The highest BCUT2D eigenvalue weighted by Gasteiger charge is 2.22. The molecule has 0 aliphatic carbocycles. The summed E-state index contributed by atoms with van der Waals surface area (Å²) in [5.74, 6) is 1.12. The number of fused-ring (bicyclic) bond motifs is 1. The van der Waals surface area contributed by atoms with Crippen LogP contribution in [-0.4, -0.2) is 41.6 Å². The highest BCUT2D eigenvalue weighted by molar-refractivity contribution is 7.13. The minimum atomic E-state index is -0.262. The number of nitrogens with one attached hydrogen (secondary N) is 1. The van der Waals surface area contributed by atoms with Crippen LogP contribution >= 0.6 is 11.3 Å². The van der Waals surface area contributed by atoms with Gasteiger partial charge in [-0.1, -0.05) is 13.8 Å². The largest absolute Gasteiger partial charge is 0.454 e. The maximum absolute atomic E-state index is 13.0. The molecule has 2 aromatic rings. The number of aryl methyl sites for hydroxylation is 1. The Balaban J connectivity index is 1.71. The second kappa shape index (κ2) is 8.39.